The number of nitrogens with one attached hydrogen (secondary N) is 1. The van der Waals surface area contributed by atoms with Gasteiger partial charge in [-0.3, -0.25) is 4.98 Å². The first kappa shape index (κ1) is 13.5. The van der Waals surface area contributed by atoms with E-state index in [1.54, 1.807) is 17.7 Å². The van der Waals surface area contributed by atoms with E-state index in [9.17, 15) is 9.18 Å². The van der Waals surface area contributed by atoms with Crippen molar-refractivity contribution in [1.29, 1.82) is 0 Å². The fraction of sp³-hybridized carbons (Fsp3) is 0.357. The lowest BCUT2D eigenvalue weighted by molar-refractivity contribution is 0.0601. The Bertz CT molecular complexity index is 681. The van der Waals surface area contributed by atoms with Crippen molar-refractivity contribution in [3.05, 3.63) is 41.1 Å². The van der Waals surface area contributed by atoms with E-state index in [4.69, 9.17) is 4.74 Å². The Kier molecular flexibility index (Phi) is 3.32. The van der Waals surface area contributed by atoms with E-state index in [-0.39, 0.29) is 11.9 Å². The van der Waals surface area contributed by atoms with Crippen LogP contribution in [0.4, 0.5) is 10.2 Å². The highest BCUT2D eigenvalue weighted by molar-refractivity contribution is 5.96. The molecule has 0 bridgehead atoms. The van der Waals surface area contributed by atoms with Gasteiger partial charge in [-0.2, -0.15) is 5.10 Å². The summed E-state index contributed by atoms with van der Waals surface area (Å²) in [5.41, 5.74) is 1.75. The van der Waals surface area contributed by atoms with Gasteiger partial charge in [-0.05, 0) is 25.5 Å². The fourth-order valence-corrected chi connectivity index (χ4v) is 2.60. The summed E-state index contributed by atoms with van der Waals surface area (Å²) in [6.45, 7) is 2.44. The quantitative estimate of drug-likeness (QED) is 0.856. The van der Waals surface area contributed by atoms with E-state index in [1.165, 1.54) is 19.4 Å². The summed E-state index contributed by atoms with van der Waals surface area (Å²) >= 11 is 0. The maximum atomic E-state index is 13.0. The third-order valence-corrected chi connectivity index (χ3v) is 3.57. The lowest BCUT2D eigenvalue weighted by atomic mass is 10.1. The van der Waals surface area contributed by atoms with E-state index in [1.807, 2.05) is 0 Å². The minimum Gasteiger partial charge on any atom is -0.465 e. The van der Waals surface area contributed by atoms with E-state index >= 15 is 0 Å². The molecule has 0 saturated carbocycles. The van der Waals surface area contributed by atoms with Crippen LogP contribution in [0.1, 0.15) is 34.2 Å². The Morgan fingerprint density at radius 1 is 1.52 bits per heavy atom. The molecule has 0 radical (unpaired) electrons. The predicted octanol–water partition coefficient (Wildman–Crippen LogP) is 1.92. The van der Waals surface area contributed by atoms with Crippen molar-refractivity contribution in [3.8, 4) is 0 Å². The molecule has 7 heteroatoms. The minimum absolute atomic E-state index is 0.126. The van der Waals surface area contributed by atoms with Crippen LogP contribution in [0.15, 0.2) is 18.3 Å². The highest BCUT2D eigenvalue weighted by atomic mass is 19.1. The van der Waals surface area contributed by atoms with E-state index in [0.717, 1.165) is 12.1 Å². The zero-order valence-corrected chi connectivity index (χ0v) is 11.8. The van der Waals surface area contributed by atoms with Gasteiger partial charge in [0.25, 0.3) is 0 Å². The van der Waals surface area contributed by atoms with Crippen LogP contribution in [-0.4, -0.2) is 34.4 Å². The first-order chi connectivity index (χ1) is 10.1. The number of rotatable bonds is 2. The molecule has 0 fully saturated rings. The molecule has 1 atom stereocenters. The number of ether oxygens (including phenoxy) is 1. The molecule has 3 rings (SSSR count). The maximum Gasteiger partial charge on any atom is 0.343 e. The predicted molar refractivity (Wildman–Crippen MR) is 73.7 cm³/mol. The zero-order chi connectivity index (χ0) is 15.0. The van der Waals surface area contributed by atoms with Crippen LogP contribution in [0.3, 0.4) is 0 Å². The summed E-state index contributed by atoms with van der Waals surface area (Å²) in [6.07, 6.45) is 1.95. The number of carbonyl (C=O) groups excluding carboxylic acids is 1. The van der Waals surface area contributed by atoms with Crippen LogP contribution < -0.4 is 5.32 Å². The fourth-order valence-electron chi connectivity index (χ4n) is 2.60. The van der Waals surface area contributed by atoms with E-state index in [2.05, 4.69) is 15.4 Å². The number of nitrogens with zero attached hydrogens (tertiary/aromatic N) is 3. The van der Waals surface area contributed by atoms with Gasteiger partial charge < -0.3 is 10.1 Å². The third-order valence-electron chi connectivity index (χ3n) is 3.57. The molecule has 110 valence electrons. The zero-order valence-electron chi connectivity index (χ0n) is 11.8. The Morgan fingerprint density at radius 3 is 3.00 bits per heavy atom. The van der Waals surface area contributed by atoms with Gasteiger partial charge in [-0.25, -0.2) is 13.9 Å². The molecule has 0 amide bonds. The van der Waals surface area contributed by atoms with Crippen molar-refractivity contribution < 1.29 is 13.9 Å². The molecule has 3 heterocycles. The molecule has 2 aromatic rings. The molecule has 1 unspecified atom stereocenters. The Balaban J connectivity index is 2.06. The molecule has 1 aliphatic heterocycles. The Labute approximate surface area is 120 Å². The molecule has 0 aliphatic carbocycles. The van der Waals surface area contributed by atoms with Crippen molar-refractivity contribution >= 4 is 11.8 Å². The first-order valence-corrected chi connectivity index (χ1v) is 6.64. The summed E-state index contributed by atoms with van der Waals surface area (Å²) in [6, 6.07) is 2.89. The Hall–Kier alpha value is -2.44. The molecular formula is C14H15FN4O2. The van der Waals surface area contributed by atoms with Crippen LogP contribution in [0.2, 0.25) is 0 Å². The second kappa shape index (κ2) is 5.16. The van der Waals surface area contributed by atoms with Crippen molar-refractivity contribution in [2.75, 3.05) is 19.0 Å². The lowest BCUT2D eigenvalue weighted by Crippen LogP contribution is -2.26. The van der Waals surface area contributed by atoms with Crippen LogP contribution in [0.25, 0.3) is 0 Å². The van der Waals surface area contributed by atoms with Crippen molar-refractivity contribution in [2.45, 2.75) is 19.4 Å². The number of hydrogen-bond acceptors (Lipinski definition) is 5. The second-order valence-corrected chi connectivity index (χ2v) is 4.88. The van der Waals surface area contributed by atoms with Gasteiger partial charge in [0.05, 0.1) is 30.7 Å². The molecule has 0 spiro atoms. The molecule has 1 N–H and O–H groups in total. The molecule has 1 aliphatic rings. The monoisotopic (exact) mass is 290 g/mol. The van der Waals surface area contributed by atoms with Gasteiger partial charge in [-0.15, -0.1) is 0 Å². The summed E-state index contributed by atoms with van der Waals surface area (Å²) in [5.74, 6) is -0.171. The largest absolute Gasteiger partial charge is 0.465 e. The summed E-state index contributed by atoms with van der Waals surface area (Å²) in [7, 11) is 1.34. The number of pyridine rings is 1. The van der Waals surface area contributed by atoms with Crippen LogP contribution in [-0.2, 0) is 4.74 Å². The number of halogens is 1. The second-order valence-electron chi connectivity index (χ2n) is 4.88. The lowest BCUT2D eigenvalue weighted by Gasteiger charge is -2.25. The number of anilines is 1. The number of aromatic nitrogens is 3. The molecule has 21 heavy (non-hydrogen) atoms. The highest BCUT2D eigenvalue weighted by Crippen LogP contribution is 2.32. The number of aryl methyl sites for hydroxylation is 1. The van der Waals surface area contributed by atoms with Crippen molar-refractivity contribution in [1.82, 2.24) is 14.8 Å². The van der Waals surface area contributed by atoms with Crippen LogP contribution >= 0.6 is 0 Å². The maximum absolute atomic E-state index is 13.0. The van der Waals surface area contributed by atoms with E-state index < -0.39 is 5.97 Å². The number of hydrogen-bond donors (Lipinski definition) is 1. The van der Waals surface area contributed by atoms with Crippen LogP contribution in [0.5, 0.6) is 0 Å². The Morgan fingerprint density at radius 2 is 2.33 bits per heavy atom. The van der Waals surface area contributed by atoms with Gasteiger partial charge in [0.2, 0.25) is 0 Å². The molecule has 2 aromatic heterocycles. The van der Waals surface area contributed by atoms with Gasteiger partial charge in [0.1, 0.15) is 17.2 Å². The average molecular weight is 290 g/mol. The number of fused-ring (bicyclic) bond motifs is 1. The smallest absolute Gasteiger partial charge is 0.343 e. The van der Waals surface area contributed by atoms with E-state index in [0.29, 0.717) is 23.6 Å². The highest BCUT2D eigenvalue weighted by Gasteiger charge is 2.30. The number of carbonyl (C=O) groups is 1. The standard InChI is InChI=1S/C14H15FN4O2/c1-8-12(14(20)21-2)13-16-6-5-11(19(13)18-8)10-4-3-9(15)7-17-10/h3-4,7,11,16H,5-6H2,1-2H3. The normalized spacial score (nSPS) is 17.0. The summed E-state index contributed by atoms with van der Waals surface area (Å²) < 4.78 is 19.5. The van der Waals surface area contributed by atoms with Crippen molar-refractivity contribution in [2.24, 2.45) is 0 Å². The van der Waals surface area contributed by atoms with Crippen molar-refractivity contribution in [3.63, 3.8) is 0 Å². The number of methoxy groups -OCH3 is 1. The minimum atomic E-state index is -0.422. The summed E-state index contributed by atoms with van der Waals surface area (Å²) in [4.78, 5) is 16.0. The SMILES string of the molecule is COC(=O)c1c(C)nn2c1NCCC2c1ccc(F)cn1. The third kappa shape index (κ3) is 2.24. The topological polar surface area (TPSA) is 69.0 Å². The van der Waals surface area contributed by atoms with Crippen LogP contribution in [0, 0.1) is 12.7 Å². The average Bonchev–Trinajstić information content (AvgIpc) is 2.83. The van der Waals surface area contributed by atoms with Gasteiger partial charge in [-0.1, -0.05) is 0 Å². The summed E-state index contributed by atoms with van der Waals surface area (Å²) in [5, 5.41) is 7.60. The molecule has 0 aromatic carbocycles. The number of esters is 1. The van der Waals surface area contributed by atoms with Gasteiger partial charge >= 0.3 is 5.97 Å². The van der Waals surface area contributed by atoms with Gasteiger partial charge in [0, 0.05) is 6.54 Å². The molecule has 6 nitrogen and oxygen atoms in total. The molecule has 0 saturated heterocycles. The van der Waals surface area contributed by atoms with Gasteiger partial charge in [0.15, 0.2) is 0 Å². The first-order valence-electron chi connectivity index (χ1n) is 6.64. The molecular weight excluding hydrogens is 275 g/mol.